The van der Waals surface area contributed by atoms with Crippen LogP contribution in [0.1, 0.15) is 24.1 Å². The third kappa shape index (κ3) is 3.16. The van der Waals surface area contributed by atoms with Gasteiger partial charge in [0.05, 0.1) is 0 Å². The Labute approximate surface area is 121 Å². The lowest BCUT2D eigenvalue weighted by Crippen LogP contribution is -2.05. The van der Waals surface area contributed by atoms with Gasteiger partial charge in [0.1, 0.15) is 0 Å². The van der Waals surface area contributed by atoms with Gasteiger partial charge in [0.15, 0.2) is 0 Å². The molecule has 2 N–H and O–H groups in total. The van der Waals surface area contributed by atoms with E-state index in [1.54, 1.807) is 11.8 Å². The van der Waals surface area contributed by atoms with E-state index in [-0.39, 0.29) is 6.04 Å². The van der Waals surface area contributed by atoms with Crippen LogP contribution < -0.4 is 5.73 Å². The molecule has 0 bridgehead atoms. The fraction of sp³-hybridized carbons (Fsp3) is 0.200. The Morgan fingerprint density at radius 2 is 1.89 bits per heavy atom. The molecule has 1 atom stereocenters. The van der Waals surface area contributed by atoms with Crippen molar-refractivity contribution in [3.63, 3.8) is 0 Å². The van der Waals surface area contributed by atoms with Crippen LogP contribution in [0.25, 0.3) is 0 Å². The molecule has 0 aliphatic heterocycles. The number of nitrogens with two attached hydrogens (primary N) is 1. The zero-order valence-electron chi connectivity index (χ0n) is 10.5. The van der Waals surface area contributed by atoms with Gasteiger partial charge in [0, 0.05) is 20.3 Å². The van der Waals surface area contributed by atoms with Crippen LogP contribution in [-0.2, 0) is 0 Å². The molecule has 3 heteroatoms. The van der Waals surface area contributed by atoms with Crippen LogP contribution in [0.5, 0.6) is 0 Å². The molecule has 1 nitrogen and oxygen atoms in total. The number of halogens is 1. The average Bonchev–Trinajstić information content (AvgIpc) is 2.32. The summed E-state index contributed by atoms with van der Waals surface area (Å²) >= 11 is 5.36. The van der Waals surface area contributed by atoms with E-state index in [0.29, 0.717) is 0 Å². The highest BCUT2D eigenvalue weighted by atomic mass is 79.9. The van der Waals surface area contributed by atoms with Gasteiger partial charge in [-0.05, 0) is 43.2 Å². The lowest BCUT2D eigenvalue weighted by molar-refractivity contribution is 0.811. The van der Waals surface area contributed by atoms with E-state index in [1.165, 1.54) is 15.4 Å². The van der Waals surface area contributed by atoms with Gasteiger partial charge in [-0.2, -0.15) is 0 Å². The van der Waals surface area contributed by atoms with Gasteiger partial charge < -0.3 is 5.73 Å². The van der Waals surface area contributed by atoms with E-state index in [9.17, 15) is 0 Å². The Balaban J connectivity index is 2.26. The minimum absolute atomic E-state index is 0.0527. The molecule has 2 rings (SSSR count). The first-order valence-corrected chi connectivity index (χ1v) is 7.47. The quantitative estimate of drug-likeness (QED) is 0.867. The van der Waals surface area contributed by atoms with Crippen molar-refractivity contribution in [3.8, 4) is 0 Å². The van der Waals surface area contributed by atoms with Crippen LogP contribution in [-0.4, -0.2) is 0 Å². The maximum absolute atomic E-state index is 5.90. The minimum Gasteiger partial charge on any atom is -0.324 e. The molecule has 0 heterocycles. The van der Waals surface area contributed by atoms with Gasteiger partial charge in [-0.15, -0.1) is 0 Å². The smallest absolute Gasteiger partial charge is 0.0277 e. The normalized spacial score (nSPS) is 12.4. The second-order valence-corrected chi connectivity index (χ2v) is 6.31. The van der Waals surface area contributed by atoms with Crippen LogP contribution in [0.15, 0.2) is 56.7 Å². The molecule has 2 aromatic rings. The van der Waals surface area contributed by atoms with E-state index < -0.39 is 0 Å². The summed E-state index contributed by atoms with van der Waals surface area (Å²) in [5, 5.41) is 0. The van der Waals surface area contributed by atoms with Crippen molar-refractivity contribution in [1.82, 2.24) is 0 Å². The van der Waals surface area contributed by atoms with E-state index >= 15 is 0 Å². The van der Waals surface area contributed by atoms with E-state index in [2.05, 4.69) is 65.3 Å². The Hall–Kier alpha value is -0.770. The summed E-state index contributed by atoms with van der Waals surface area (Å²) in [7, 11) is 0. The summed E-state index contributed by atoms with van der Waals surface area (Å²) in [4.78, 5) is 2.51. The maximum atomic E-state index is 5.90. The minimum atomic E-state index is 0.0527. The Bertz CT molecular complexity index is 552. The topological polar surface area (TPSA) is 26.0 Å². The number of hydrogen-bond donors (Lipinski definition) is 1. The van der Waals surface area contributed by atoms with Crippen molar-refractivity contribution < 1.29 is 0 Å². The zero-order chi connectivity index (χ0) is 13.1. The van der Waals surface area contributed by atoms with Gasteiger partial charge in [0.25, 0.3) is 0 Å². The van der Waals surface area contributed by atoms with E-state index in [4.69, 9.17) is 5.73 Å². The molecule has 0 unspecified atom stereocenters. The third-order valence-electron chi connectivity index (χ3n) is 2.78. The van der Waals surface area contributed by atoms with Gasteiger partial charge in [-0.3, -0.25) is 0 Å². The number of hydrogen-bond acceptors (Lipinski definition) is 2. The fourth-order valence-corrected chi connectivity index (χ4v) is 3.57. The predicted molar refractivity (Wildman–Crippen MR) is 82.0 cm³/mol. The Morgan fingerprint density at radius 3 is 2.50 bits per heavy atom. The van der Waals surface area contributed by atoms with Crippen molar-refractivity contribution in [1.29, 1.82) is 0 Å². The van der Waals surface area contributed by atoms with E-state index in [0.717, 1.165) is 10.0 Å². The molecular formula is C15H16BrNS. The molecule has 18 heavy (non-hydrogen) atoms. The number of rotatable bonds is 3. The molecule has 94 valence electrons. The van der Waals surface area contributed by atoms with Crippen LogP contribution in [0.3, 0.4) is 0 Å². The first-order valence-electron chi connectivity index (χ1n) is 5.86. The number of aryl methyl sites for hydroxylation is 1. The SMILES string of the molecule is Cc1ccccc1Sc1ccc([C@@H](C)N)c(Br)c1. The summed E-state index contributed by atoms with van der Waals surface area (Å²) in [6.07, 6.45) is 0. The monoisotopic (exact) mass is 321 g/mol. The molecule has 0 saturated carbocycles. The van der Waals surface area contributed by atoms with Crippen molar-refractivity contribution in [2.45, 2.75) is 29.7 Å². The van der Waals surface area contributed by atoms with E-state index in [1.807, 2.05) is 6.92 Å². The van der Waals surface area contributed by atoms with Crippen LogP contribution in [0.2, 0.25) is 0 Å². The first-order chi connectivity index (χ1) is 8.58. The molecule has 0 radical (unpaired) electrons. The zero-order valence-corrected chi connectivity index (χ0v) is 12.9. The molecule has 0 aromatic heterocycles. The highest BCUT2D eigenvalue weighted by Crippen LogP contribution is 2.33. The summed E-state index contributed by atoms with van der Waals surface area (Å²) in [5.74, 6) is 0. The van der Waals surface area contributed by atoms with Crippen LogP contribution >= 0.6 is 27.7 Å². The van der Waals surface area contributed by atoms with Crippen molar-refractivity contribution >= 4 is 27.7 Å². The largest absolute Gasteiger partial charge is 0.324 e. The summed E-state index contributed by atoms with van der Waals surface area (Å²) in [6, 6.07) is 14.8. The summed E-state index contributed by atoms with van der Waals surface area (Å²) in [5.41, 5.74) is 8.35. The molecule has 0 fully saturated rings. The molecule has 0 aliphatic carbocycles. The van der Waals surface area contributed by atoms with Crippen LogP contribution in [0, 0.1) is 6.92 Å². The van der Waals surface area contributed by atoms with Gasteiger partial charge in [-0.25, -0.2) is 0 Å². The maximum Gasteiger partial charge on any atom is 0.0277 e. The van der Waals surface area contributed by atoms with Crippen molar-refractivity contribution in [2.75, 3.05) is 0 Å². The molecule has 0 aliphatic rings. The first kappa shape index (κ1) is 13.7. The Morgan fingerprint density at radius 1 is 1.17 bits per heavy atom. The highest BCUT2D eigenvalue weighted by Gasteiger charge is 2.07. The van der Waals surface area contributed by atoms with Gasteiger partial charge in [0.2, 0.25) is 0 Å². The summed E-state index contributed by atoms with van der Waals surface area (Å²) in [6.45, 7) is 4.13. The second kappa shape index (κ2) is 5.91. The lowest BCUT2D eigenvalue weighted by atomic mass is 10.1. The standard InChI is InChI=1S/C15H16BrNS/c1-10-5-3-4-6-15(10)18-12-7-8-13(11(2)17)14(16)9-12/h3-9,11H,17H2,1-2H3/t11-/m1/s1. The third-order valence-corrected chi connectivity index (χ3v) is 4.64. The Kier molecular flexibility index (Phi) is 4.49. The highest BCUT2D eigenvalue weighted by molar-refractivity contribution is 9.10. The van der Waals surface area contributed by atoms with Crippen molar-refractivity contribution in [3.05, 3.63) is 58.1 Å². The fourth-order valence-electron chi connectivity index (χ4n) is 1.74. The predicted octanol–water partition coefficient (Wildman–Crippen LogP) is 4.93. The molecule has 0 amide bonds. The molecule has 0 saturated heterocycles. The van der Waals surface area contributed by atoms with Crippen molar-refractivity contribution in [2.24, 2.45) is 5.73 Å². The average molecular weight is 322 g/mol. The molecule has 2 aromatic carbocycles. The summed E-state index contributed by atoms with van der Waals surface area (Å²) < 4.78 is 1.08. The molecule has 0 spiro atoms. The lowest BCUT2D eigenvalue weighted by Gasteiger charge is -2.11. The number of benzene rings is 2. The van der Waals surface area contributed by atoms with Crippen LogP contribution in [0.4, 0.5) is 0 Å². The van der Waals surface area contributed by atoms with Gasteiger partial charge in [-0.1, -0.05) is 52.0 Å². The second-order valence-electron chi connectivity index (χ2n) is 4.34. The molecular weight excluding hydrogens is 306 g/mol. The van der Waals surface area contributed by atoms with Gasteiger partial charge >= 0.3 is 0 Å².